The highest BCUT2D eigenvalue weighted by Crippen LogP contribution is 2.09. The first kappa shape index (κ1) is 17.3. The van der Waals surface area contributed by atoms with E-state index in [1.54, 1.807) is 37.4 Å². The Kier molecular flexibility index (Phi) is 4.79. The van der Waals surface area contributed by atoms with Gasteiger partial charge in [-0.25, -0.2) is 4.79 Å². The Morgan fingerprint density at radius 1 is 1.08 bits per heavy atom. The van der Waals surface area contributed by atoms with Gasteiger partial charge in [0.15, 0.2) is 5.82 Å². The van der Waals surface area contributed by atoms with Crippen LogP contribution in [-0.2, 0) is 4.79 Å². The molecule has 0 unspecified atom stereocenters. The molecule has 0 aliphatic carbocycles. The van der Waals surface area contributed by atoms with Crippen molar-refractivity contribution in [2.75, 3.05) is 5.32 Å². The van der Waals surface area contributed by atoms with Gasteiger partial charge < -0.3 is 5.32 Å². The molecule has 0 fully saturated rings. The van der Waals surface area contributed by atoms with Crippen LogP contribution in [0.4, 0.5) is 5.69 Å². The molecular weight excluding hydrogens is 330 g/mol. The van der Waals surface area contributed by atoms with Crippen molar-refractivity contribution in [2.24, 2.45) is 5.10 Å². The second kappa shape index (κ2) is 7.18. The lowest BCUT2D eigenvalue weighted by atomic mass is 10.2. The van der Waals surface area contributed by atoms with Crippen LogP contribution >= 0.6 is 0 Å². The van der Waals surface area contributed by atoms with Crippen molar-refractivity contribution in [3.63, 3.8) is 0 Å². The molecule has 7 heteroatoms. The monoisotopic (exact) mass is 349 g/mol. The number of hydrogen-bond donors (Lipinski definition) is 1. The van der Waals surface area contributed by atoms with Crippen LogP contribution in [0, 0.1) is 13.8 Å². The van der Waals surface area contributed by atoms with Crippen molar-refractivity contribution in [1.82, 2.24) is 14.5 Å². The molecule has 1 aromatic heterocycles. The van der Waals surface area contributed by atoms with Gasteiger partial charge in [-0.2, -0.15) is 14.5 Å². The number of amides is 1. The van der Waals surface area contributed by atoms with Gasteiger partial charge in [0, 0.05) is 12.6 Å². The Morgan fingerprint density at radius 3 is 2.35 bits per heavy atom. The summed E-state index contributed by atoms with van der Waals surface area (Å²) in [6.07, 6.45) is 1.58. The van der Waals surface area contributed by atoms with E-state index < -0.39 is 0 Å². The minimum atomic E-state index is -0.336. The van der Waals surface area contributed by atoms with E-state index in [0.29, 0.717) is 17.2 Å². The predicted octanol–water partition coefficient (Wildman–Crippen LogP) is 2.49. The number of nitrogens with one attached hydrogen (secondary N) is 1. The van der Waals surface area contributed by atoms with Crippen LogP contribution in [0.15, 0.2) is 58.4 Å². The molecule has 0 saturated heterocycles. The molecule has 0 aliphatic heterocycles. The van der Waals surface area contributed by atoms with Gasteiger partial charge in [0.1, 0.15) is 0 Å². The Morgan fingerprint density at radius 2 is 1.73 bits per heavy atom. The van der Waals surface area contributed by atoms with E-state index in [-0.39, 0.29) is 11.6 Å². The van der Waals surface area contributed by atoms with Gasteiger partial charge in [-0.15, -0.1) is 5.10 Å². The van der Waals surface area contributed by atoms with Crippen molar-refractivity contribution in [1.29, 1.82) is 0 Å². The van der Waals surface area contributed by atoms with Crippen LogP contribution in [0.3, 0.4) is 0 Å². The molecule has 26 heavy (non-hydrogen) atoms. The lowest BCUT2D eigenvalue weighted by molar-refractivity contribution is -0.114. The first-order chi connectivity index (χ1) is 12.4. The molecule has 0 aliphatic rings. The van der Waals surface area contributed by atoms with E-state index in [4.69, 9.17) is 0 Å². The summed E-state index contributed by atoms with van der Waals surface area (Å²) in [4.78, 5) is 23.6. The van der Waals surface area contributed by atoms with Gasteiger partial charge in [-0.3, -0.25) is 4.79 Å². The summed E-state index contributed by atoms with van der Waals surface area (Å²) in [7, 11) is 0. The zero-order valence-corrected chi connectivity index (χ0v) is 14.8. The topological polar surface area (TPSA) is 81.3 Å². The van der Waals surface area contributed by atoms with Gasteiger partial charge in [-0.1, -0.05) is 29.8 Å². The normalized spacial score (nSPS) is 11.0. The number of aromatic nitrogens is 3. The second-order valence-electron chi connectivity index (χ2n) is 5.94. The molecule has 1 amide bonds. The standard InChI is InChI=1S/C19H19N5O2/c1-13-4-10-18(11-5-13)24-19(26)23(14(2)22-24)20-12-16-6-8-17(9-7-16)21-15(3)25/h4-12H,1-3H3,(H,21,25)/b20-12+. The Bertz CT molecular complexity index is 1010. The van der Waals surface area contributed by atoms with Gasteiger partial charge in [-0.05, 0) is 43.7 Å². The van der Waals surface area contributed by atoms with Crippen LogP contribution in [0.1, 0.15) is 23.9 Å². The average molecular weight is 349 g/mol. The third kappa shape index (κ3) is 3.77. The number of hydrogen-bond acceptors (Lipinski definition) is 4. The van der Waals surface area contributed by atoms with Crippen molar-refractivity contribution in [3.8, 4) is 5.69 Å². The molecule has 0 saturated carbocycles. The first-order valence-corrected chi connectivity index (χ1v) is 8.12. The quantitative estimate of drug-likeness (QED) is 0.735. The maximum absolute atomic E-state index is 12.6. The van der Waals surface area contributed by atoms with Gasteiger partial charge in [0.2, 0.25) is 5.91 Å². The summed E-state index contributed by atoms with van der Waals surface area (Å²) in [6, 6.07) is 14.7. The number of benzene rings is 2. The number of aryl methyl sites for hydroxylation is 2. The molecule has 7 nitrogen and oxygen atoms in total. The summed E-state index contributed by atoms with van der Waals surface area (Å²) >= 11 is 0. The SMILES string of the molecule is CC(=O)Nc1ccc(/C=N/n2c(C)nn(-c3ccc(C)cc3)c2=O)cc1. The summed E-state index contributed by atoms with van der Waals surface area (Å²) in [5.74, 6) is 0.360. The smallest absolute Gasteiger partial charge is 0.326 e. The first-order valence-electron chi connectivity index (χ1n) is 8.12. The molecule has 0 radical (unpaired) electrons. The molecule has 1 heterocycles. The van der Waals surface area contributed by atoms with Crippen molar-refractivity contribution in [3.05, 3.63) is 76.0 Å². The molecule has 1 N–H and O–H groups in total. The molecule has 132 valence electrons. The fourth-order valence-corrected chi connectivity index (χ4v) is 2.43. The van der Waals surface area contributed by atoms with Crippen LogP contribution in [-0.4, -0.2) is 26.6 Å². The Hall–Kier alpha value is -3.48. The molecule has 3 rings (SSSR count). The van der Waals surface area contributed by atoms with Crippen molar-refractivity contribution >= 4 is 17.8 Å². The molecule has 0 spiro atoms. The van der Waals surface area contributed by atoms with E-state index >= 15 is 0 Å². The van der Waals surface area contributed by atoms with Crippen molar-refractivity contribution < 1.29 is 4.79 Å². The lowest BCUT2D eigenvalue weighted by Gasteiger charge is -2.01. The largest absolute Gasteiger partial charge is 0.371 e. The number of rotatable bonds is 4. The summed E-state index contributed by atoms with van der Waals surface area (Å²) in [5.41, 5.74) is 2.97. The Labute approximate surface area is 150 Å². The van der Waals surface area contributed by atoms with Gasteiger partial charge in [0.25, 0.3) is 0 Å². The average Bonchev–Trinajstić information content (AvgIpc) is 2.89. The van der Waals surface area contributed by atoms with Crippen LogP contribution in [0.2, 0.25) is 0 Å². The summed E-state index contributed by atoms with van der Waals surface area (Å²) < 4.78 is 2.58. The number of nitrogens with zero attached hydrogens (tertiary/aromatic N) is 4. The summed E-state index contributed by atoms with van der Waals surface area (Å²) in [5, 5.41) is 11.2. The highest BCUT2D eigenvalue weighted by atomic mass is 16.2. The van der Waals surface area contributed by atoms with Gasteiger partial charge >= 0.3 is 5.69 Å². The van der Waals surface area contributed by atoms with E-state index in [0.717, 1.165) is 11.1 Å². The number of carbonyl (C=O) groups is 1. The molecular formula is C19H19N5O2. The lowest BCUT2D eigenvalue weighted by Crippen LogP contribution is -2.21. The zero-order chi connectivity index (χ0) is 18.7. The number of anilines is 1. The molecule has 0 atom stereocenters. The molecule has 3 aromatic rings. The highest BCUT2D eigenvalue weighted by Gasteiger charge is 2.10. The zero-order valence-electron chi connectivity index (χ0n) is 14.8. The fraction of sp³-hybridized carbons (Fsp3) is 0.158. The van der Waals surface area contributed by atoms with Crippen LogP contribution in [0.5, 0.6) is 0 Å². The minimum absolute atomic E-state index is 0.128. The molecule has 0 bridgehead atoms. The number of carbonyl (C=O) groups excluding carboxylic acids is 1. The second-order valence-corrected chi connectivity index (χ2v) is 5.94. The maximum atomic E-state index is 12.6. The van der Waals surface area contributed by atoms with E-state index in [2.05, 4.69) is 15.5 Å². The molecule has 2 aromatic carbocycles. The Balaban J connectivity index is 1.86. The van der Waals surface area contributed by atoms with E-state index in [1.807, 2.05) is 31.2 Å². The van der Waals surface area contributed by atoms with Gasteiger partial charge in [0.05, 0.1) is 11.9 Å². The maximum Gasteiger partial charge on any atom is 0.371 e. The fourth-order valence-electron chi connectivity index (χ4n) is 2.43. The van der Waals surface area contributed by atoms with Crippen LogP contribution in [0.25, 0.3) is 5.69 Å². The third-order valence-corrected chi connectivity index (χ3v) is 3.75. The van der Waals surface area contributed by atoms with E-state index in [9.17, 15) is 9.59 Å². The highest BCUT2D eigenvalue weighted by molar-refractivity contribution is 5.89. The van der Waals surface area contributed by atoms with Crippen molar-refractivity contribution in [2.45, 2.75) is 20.8 Å². The third-order valence-electron chi connectivity index (χ3n) is 3.75. The predicted molar refractivity (Wildman–Crippen MR) is 101 cm³/mol. The van der Waals surface area contributed by atoms with Crippen LogP contribution < -0.4 is 11.0 Å². The van der Waals surface area contributed by atoms with E-state index in [1.165, 1.54) is 16.3 Å². The summed E-state index contributed by atoms with van der Waals surface area (Å²) in [6.45, 7) is 5.16. The minimum Gasteiger partial charge on any atom is -0.326 e.